The second-order valence-corrected chi connectivity index (χ2v) is 5.47. The van der Waals surface area contributed by atoms with Crippen LogP contribution in [-0.4, -0.2) is 30.7 Å². The van der Waals surface area contributed by atoms with E-state index in [9.17, 15) is 9.90 Å². The van der Waals surface area contributed by atoms with Gasteiger partial charge in [0.2, 0.25) is 0 Å². The highest BCUT2D eigenvalue weighted by Crippen LogP contribution is 2.25. The van der Waals surface area contributed by atoms with Crippen LogP contribution in [0.25, 0.3) is 28.3 Å². The summed E-state index contributed by atoms with van der Waals surface area (Å²) in [6.07, 6.45) is 3.34. The summed E-state index contributed by atoms with van der Waals surface area (Å²) in [7, 11) is 0. The van der Waals surface area contributed by atoms with Gasteiger partial charge in [-0.3, -0.25) is 4.98 Å². The zero-order chi connectivity index (χ0) is 17.4. The predicted molar refractivity (Wildman–Crippen MR) is 93.0 cm³/mol. The lowest BCUT2D eigenvalue weighted by Crippen LogP contribution is -2.03. The molecule has 0 unspecified atom stereocenters. The van der Waals surface area contributed by atoms with E-state index < -0.39 is 5.97 Å². The number of pyridine rings is 2. The Morgan fingerprint density at radius 2 is 1.68 bits per heavy atom. The van der Waals surface area contributed by atoms with Gasteiger partial charge in [0, 0.05) is 29.2 Å². The molecule has 3 N–H and O–H groups in total. The molecule has 0 amide bonds. The molecular formula is C18H13N5O2. The molecule has 0 atom stereocenters. The Balaban J connectivity index is 1.98. The van der Waals surface area contributed by atoms with Gasteiger partial charge in [0.05, 0.1) is 5.69 Å². The topological polar surface area (TPSA) is 106 Å². The van der Waals surface area contributed by atoms with Gasteiger partial charge in [-0.25, -0.2) is 14.3 Å². The number of aromatic carboxylic acids is 1. The van der Waals surface area contributed by atoms with Gasteiger partial charge < -0.3 is 10.8 Å². The van der Waals surface area contributed by atoms with Crippen LogP contribution < -0.4 is 5.73 Å². The molecule has 25 heavy (non-hydrogen) atoms. The molecule has 4 rings (SSSR count). The van der Waals surface area contributed by atoms with Crippen molar-refractivity contribution in [2.24, 2.45) is 0 Å². The molecule has 0 aliphatic heterocycles. The van der Waals surface area contributed by atoms with Gasteiger partial charge in [0.1, 0.15) is 5.56 Å². The summed E-state index contributed by atoms with van der Waals surface area (Å²) in [5.74, 6) is -0.619. The minimum atomic E-state index is -1.05. The third-order valence-corrected chi connectivity index (χ3v) is 3.86. The molecule has 122 valence electrons. The van der Waals surface area contributed by atoms with Crippen LogP contribution in [0.1, 0.15) is 10.4 Å². The number of nitrogen functional groups attached to an aromatic ring is 1. The lowest BCUT2D eigenvalue weighted by atomic mass is 10.1. The smallest absolute Gasteiger partial charge is 0.339 e. The number of carbonyl (C=O) groups is 1. The minimum Gasteiger partial charge on any atom is -0.478 e. The second kappa shape index (κ2) is 5.72. The molecule has 0 saturated carbocycles. The molecule has 0 aliphatic carbocycles. The average Bonchev–Trinajstić information content (AvgIpc) is 3.07. The van der Waals surface area contributed by atoms with E-state index in [1.807, 2.05) is 12.1 Å². The molecule has 1 aromatic carbocycles. The Hall–Kier alpha value is -3.74. The van der Waals surface area contributed by atoms with E-state index in [2.05, 4.69) is 15.1 Å². The molecule has 4 aromatic rings. The number of carboxylic acid groups (broad SMARTS) is 1. The summed E-state index contributed by atoms with van der Waals surface area (Å²) in [6.45, 7) is 0. The number of carboxylic acids is 1. The summed E-state index contributed by atoms with van der Waals surface area (Å²) >= 11 is 0. The molecule has 0 bridgehead atoms. The van der Waals surface area contributed by atoms with E-state index in [0.29, 0.717) is 11.5 Å². The van der Waals surface area contributed by atoms with Crippen molar-refractivity contribution in [3.63, 3.8) is 0 Å². The van der Waals surface area contributed by atoms with Gasteiger partial charge in [0.15, 0.2) is 11.5 Å². The summed E-state index contributed by atoms with van der Waals surface area (Å²) in [5.41, 5.74) is 9.08. The Kier molecular flexibility index (Phi) is 3.39. The maximum Gasteiger partial charge on any atom is 0.339 e. The first-order valence-electron chi connectivity index (χ1n) is 7.53. The molecule has 0 fully saturated rings. The van der Waals surface area contributed by atoms with Crippen molar-refractivity contribution in [2.75, 3.05) is 5.73 Å². The minimum absolute atomic E-state index is 0.0898. The third kappa shape index (κ3) is 2.57. The van der Waals surface area contributed by atoms with E-state index in [1.54, 1.807) is 47.2 Å². The van der Waals surface area contributed by atoms with E-state index >= 15 is 0 Å². The van der Waals surface area contributed by atoms with Gasteiger partial charge in [-0.15, -0.1) is 5.10 Å². The molecule has 3 aromatic heterocycles. The largest absolute Gasteiger partial charge is 0.478 e. The zero-order valence-electron chi connectivity index (χ0n) is 13.0. The molecule has 0 saturated heterocycles. The quantitative estimate of drug-likeness (QED) is 0.559. The maximum atomic E-state index is 11.5. The summed E-state index contributed by atoms with van der Waals surface area (Å²) in [6, 6.07) is 14.0. The predicted octanol–water partition coefficient (Wildman–Crippen LogP) is 2.74. The highest BCUT2D eigenvalue weighted by Gasteiger charge is 2.17. The van der Waals surface area contributed by atoms with Crippen LogP contribution in [0.2, 0.25) is 0 Å². The monoisotopic (exact) mass is 331 g/mol. The maximum absolute atomic E-state index is 11.5. The van der Waals surface area contributed by atoms with Crippen molar-refractivity contribution in [1.82, 2.24) is 19.6 Å². The van der Waals surface area contributed by atoms with Gasteiger partial charge >= 0.3 is 5.97 Å². The number of nitrogens with zero attached hydrogens (tertiary/aromatic N) is 4. The molecule has 7 nitrogen and oxygen atoms in total. The summed E-state index contributed by atoms with van der Waals surface area (Å²) in [4.78, 5) is 20.0. The Morgan fingerprint density at radius 1 is 0.960 bits per heavy atom. The number of nitrogens with two attached hydrogens (primary N) is 1. The van der Waals surface area contributed by atoms with Crippen molar-refractivity contribution >= 4 is 17.3 Å². The van der Waals surface area contributed by atoms with Crippen LogP contribution in [0.5, 0.6) is 0 Å². The van der Waals surface area contributed by atoms with Crippen molar-refractivity contribution in [3.05, 3.63) is 66.5 Å². The van der Waals surface area contributed by atoms with Gasteiger partial charge in [-0.05, 0) is 48.5 Å². The van der Waals surface area contributed by atoms with Crippen molar-refractivity contribution in [2.45, 2.75) is 0 Å². The molecule has 0 radical (unpaired) electrons. The van der Waals surface area contributed by atoms with E-state index in [1.165, 1.54) is 6.07 Å². The van der Waals surface area contributed by atoms with E-state index in [4.69, 9.17) is 5.73 Å². The first kappa shape index (κ1) is 14.8. The van der Waals surface area contributed by atoms with Crippen molar-refractivity contribution < 1.29 is 9.90 Å². The fourth-order valence-corrected chi connectivity index (χ4v) is 2.62. The van der Waals surface area contributed by atoms with Crippen molar-refractivity contribution in [1.29, 1.82) is 0 Å². The highest BCUT2D eigenvalue weighted by molar-refractivity contribution is 5.95. The first-order valence-corrected chi connectivity index (χ1v) is 7.53. The van der Waals surface area contributed by atoms with Gasteiger partial charge in [0.25, 0.3) is 0 Å². The van der Waals surface area contributed by atoms with Gasteiger partial charge in [-0.2, -0.15) is 0 Å². The number of hydrogen-bond acceptors (Lipinski definition) is 5. The van der Waals surface area contributed by atoms with E-state index in [-0.39, 0.29) is 11.2 Å². The number of anilines is 1. The highest BCUT2D eigenvalue weighted by atomic mass is 16.4. The Morgan fingerprint density at radius 3 is 2.36 bits per heavy atom. The zero-order valence-corrected chi connectivity index (χ0v) is 13.0. The summed E-state index contributed by atoms with van der Waals surface area (Å²) < 4.78 is 1.55. The number of fused-ring (bicyclic) bond motifs is 1. The fourth-order valence-electron chi connectivity index (χ4n) is 2.62. The average molecular weight is 331 g/mol. The molecule has 3 heterocycles. The number of hydrogen-bond donors (Lipinski definition) is 2. The fraction of sp³-hybridized carbons (Fsp3) is 0. The lowest BCUT2D eigenvalue weighted by molar-refractivity contribution is 0.0698. The molecule has 0 spiro atoms. The van der Waals surface area contributed by atoms with Crippen LogP contribution in [0.15, 0.2) is 60.9 Å². The van der Waals surface area contributed by atoms with Crippen LogP contribution >= 0.6 is 0 Å². The standard InChI is InChI=1S/C18H13N5O2/c19-13-3-1-12(2-4-13)16-21-17-14(18(24)25)5-6-15(23(17)22-16)11-7-9-20-10-8-11/h1-10H,19H2,(H,24,25). The second-order valence-electron chi connectivity index (χ2n) is 5.47. The Bertz CT molecular complexity index is 1070. The van der Waals surface area contributed by atoms with Crippen LogP contribution in [0.3, 0.4) is 0 Å². The lowest BCUT2D eigenvalue weighted by Gasteiger charge is -2.05. The Labute approximate surface area is 142 Å². The normalized spacial score (nSPS) is 10.9. The third-order valence-electron chi connectivity index (χ3n) is 3.86. The molecule has 7 heteroatoms. The number of benzene rings is 1. The number of aromatic nitrogens is 4. The first-order chi connectivity index (χ1) is 12.1. The van der Waals surface area contributed by atoms with Crippen LogP contribution in [0, 0.1) is 0 Å². The number of rotatable bonds is 3. The molecular weight excluding hydrogens is 318 g/mol. The molecule has 0 aliphatic rings. The van der Waals surface area contributed by atoms with E-state index in [0.717, 1.165) is 16.8 Å². The summed E-state index contributed by atoms with van der Waals surface area (Å²) in [5, 5.41) is 14.0. The van der Waals surface area contributed by atoms with Crippen LogP contribution in [-0.2, 0) is 0 Å². The SMILES string of the molecule is Nc1ccc(-c2nc3c(C(=O)O)ccc(-c4ccncc4)n3n2)cc1. The van der Waals surface area contributed by atoms with Crippen LogP contribution in [0.4, 0.5) is 5.69 Å². The van der Waals surface area contributed by atoms with Gasteiger partial charge in [-0.1, -0.05) is 0 Å². The van der Waals surface area contributed by atoms with Crippen molar-refractivity contribution in [3.8, 4) is 22.6 Å².